The minimum absolute atomic E-state index is 0.494. The summed E-state index contributed by atoms with van der Waals surface area (Å²) in [6, 6.07) is 7.31. The van der Waals surface area contributed by atoms with Gasteiger partial charge in [-0.3, -0.25) is 0 Å². The van der Waals surface area contributed by atoms with Gasteiger partial charge in [0.15, 0.2) is 6.54 Å². The number of halogens is 1. The molecule has 4 nitrogen and oxygen atoms in total. The molecule has 1 aromatic heterocycles. The molecular weight excluding hydrogens is 202 g/mol. The monoisotopic (exact) mass is 210 g/mol. The highest BCUT2D eigenvalue weighted by Gasteiger charge is 2.07. The normalized spacial score (nSPS) is 10.4. The van der Waals surface area contributed by atoms with Crippen LogP contribution in [0.25, 0.3) is 11.4 Å². The van der Waals surface area contributed by atoms with Crippen LogP contribution in [0, 0.1) is 0 Å². The van der Waals surface area contributed by atoms with Gasteiger partial charge in [-0.25, -0.2) is 0 Å². The summed E-state index contributed by atoms with van der Waals surface area (Å²) in [5.74, 6) is 1.08. The van der Waals surface area contributed by atoms with Crippen LogP contribution in [0.5, 0.6) is 0 Å². The van der Waals surface area contributed by atoms with E-state index in [-0.39, 0.29) is 0 Å². The van der Waals surface area contributed by atoms with Crippen molar-refractivity contribution in [1.82, 2.24) is 10.1 Å². The van der Waals surface area contributed by atoms with Crippen LogP contribution in [-0.4, -0.2) is 10.1 Å². The molecule has 0 spiro atoms. The van der Waals surface area contributed by atoms with Crippen LogP contribution in [-0.2, 0) is 6.54 Å². The van der Waals surface area contributed by atoms with Gasteiger partial charge in [0.25, 0.3) is 5.89 Å². The molecule has 5 heteroatoms. The van der Waals surface area contributed by atoms with Crippen molar-refractivity contribution in [1.29, 1.82) is 0 Å². The minimum atomic E-state index is 0.494. The highest BCUT2D eigenvalue weighted by molar-refractivity contribution is 6.30. The molecule has 2 aromatic rings. The summed E-state index contributed by atoms with van der Waals surface area (Å²) in [7, 11) is 0. The Bertz CT molecular complexity index is 441. The molecule has 3 N–H and O–H groups in total. The van der Waals surface area contributed by atoms with Crippen molar-refractivity contribution in [2.75, 3.05) is 0 Å². The summed E-state index contributed by atoms with van der Waals surface area (Å²) in [4.78, 5) is 4.14. The van der Waals surface area contributed by atoms with Crippen LogP contribution in [0.15, 0.2) is 28.8 Å². The molecule has 0 bridgehead atoms. The lowest BCUT2D eigenvalue weighted by molar-refractivity contribution is -0.391. The van der Waals surface area contributed by atoms with E-state index < -0.39 is 0 Å². The second-order valence-corrected chi connectivity index (χ2v) is 3.21. The summed E-state index contributed by atoms with van der Waals surface area (Å²) in [5, 5.41) is 4.47. The summed E-state index contributed by atoms with van der Waals surface area (Å²) in [5.41, 5.74) is 4.51. The van der Waals surface area contributed by atoms with Crippen LogP contribution >= 0.6 is 11.6 Å². The first kappa shape index (κ1) is 9.18. The minimum Gasteiger partial charge on any atom is -0.350 e. The zero-order valence-electron chi connectivity index (χ0n) is 7.40. The number of rotatable bonds is 2. The van der Waals surface area contributed by atoms with Gasteiger partial charge in [-0.15, -0.1) is 0 Å². The first-order chi connectivity index (χ1) is 6.79. The average molecular weight is 211 g/mol. The summed E-state index contributed by atoms with van der Waals surface area (Å²) in [6.07, 6.45) is 0. The van der Waals surface area contributed by atoms with Crippen molar-refractivity contribution in [2.45, 2.75) is 6.54 Å². The molecule has 0 atom stereocenters. The van der Waals surface area contributed by atoms with Gasteiger partial charge in [-0.2, -0.15) is 4.98 Å². The Hall–Kier alpha value is -1.39. The Morgan fingerprint density at radius 3 is 2.93 bits per heavy atom. The summed E-state index contributed by atoms with van der Waals surface area (Å²) >= 11 is 5.84. The molecule has 0 aliphatic rings. The zero-order chi connectivity index (χ0) is 9.97. The quantitative estimate of drug-likeness (QED) is 0.808. The number of quaternary nitrogens is 1. The number of aromatic nitrogens is 2. The number of nitrogens with zero attached hydrogens (tertiary/aromatic N) is 2. The molecule has 0 saturated carbocycles. The van der Waals surface area contributed by atoms with E-state index in [1.807, 2.05) is 12.1 Å². The second-order valence-electron chi connectivity index (χ2n) is 2.77. The molecule has 0 unspecified atom stereocenters. The van der Waals surface area contributed by atoms with Crippen LogP contribution in [0.4, 0.5) is 0 Å². The molecule has 2 rings (SSSR count). The summed E-state index contributed by atoms with van der Waals surface area (Å²) < 4.78 is 4.94. The smallest absolute Gasteiger partial charge is 0.281 e. The maximum Gasteiger partial charge on any atom is 0.281 e. The predicted molar refractivity (Wildman–Crippen MR) is 51.3 cm³/mol. The fraction of sp³-hybridized carbons (Fsp3) is 0.111. The van der Waals surface area contributed by atoms with E-state index in [9.17, 15) is 0 Å². The topological polar surface area (TPSA) is 66.6 Å². The lowest BCUT2D eigenvalue weighted by Crippen LogP contribution is -2.47. The van der Waals surface area contributed by atoms with E-state index >= 15 is 0 Å². The van der Waals surface area contributed by atoms with Crippen molar-refractivity contribution >= 4 is 11.6 Å². The third kappa shape index (κ3) is 1.76. The van der Waals surface area contributed by atoms with Gasteiger partial charge < -0.3 is 10.3 Å². The Kier molecular flexibility index (Phi) is 2.47. The van der Waals surface area contributed by atoms with Crippen molar-refractivity contribution in [3.05, 3.63) is 35.2 Å². The van der Waals surface area contributed by atoms with Crippen molar-refractivity contribution in [3.63, 3.8) is 0 Å². The third-order valence-corrected chi connectivity index (χ3v) is 2.00. The van der Waals surface area contributed by atoms with Gasteiger partial charge >= 0.3 is 0 Å². The van der Waals surface area contributed by atoms with Crippen LogP contribution in [0.2, 0.25) is 5.02 Å². The fourth-order valence-corrected chi connectivity index (χ4v) is 1.29. The Labute approximate surface area is 85.7 Å². The number of benzene rings is 1. The average Bonchev–Trinajstić information content (AvgIpc) is 2.66. The molecule has 0 saturated heterocycles. The van der Waals surface area contributed by atoms with Gasteiger partial charge in [0, 0.05) is 10.6 Å². The van der Waals surface area contributed by atoms with Gasteiger partial charge in [-0.05, 0) is 12.1 Å². The molecule has 72 valence electrons. The largest absolute Gasteiger partial charge is 0.350 e. The standard InChI is InChI=1S/C9H8ClN3O/c10-7-3-1-2-6(4-7)9-12-8(5-11)14-13-9/h1-4H,5,11H2/p+1. The first-order valence-electron chi connectivity index (χ1n) is 4.17. The van der Waals surface area contributed by atoms with Gasteiger partial charge in [0.05, 0.1) is 0 Å². The van der Waals surface area contributed by atoms with E-state index in [2.05, 4.69) is 15.9 Å². The fourth-order valence-electron chi connectivity index (χ4n) is 1.10. The first-order valence-corrected chi connectivity index (χ1v) is 4.55. The molecule has 1 heterocycles. The van der Waals surface area contributed by atoms with Crippen molar-refractivity contribution in [3.8, 4) is 11.4 Å². The lowest BCUT2D eigenvalue weighted by atomic mass is 10.2. The van der Waals surface area contributed by atoms with Crippen LogP contribution in [0.1, 0.15) is 5.89 Å². The molecule has 0 amide bonds. The van der Waals surface area contributed by atoms with E-state index in [1.165, 1.54) is 0 Å². The van der Waals surface area contributed by atoms with Gasteiger partial charge in [0.1, 0.15) is 0 Å². The molecule has 0 aliphatic carbocycles. The van der Waals surface area contributed by atoms with Crippen molar-refractivity contribution in [2.24, 2.45) is 0 Å². The molecule has 0 radical (unpaired) electrons. The molecule has 0 aliphatic heterocycles. The Balaban J connectivity index is 2.39. The van der Waals surface area contributed by atoms with E-state index in [0.717, 1.165) is 5.56 Å². The van der Waals surface area contributed by atoms with E-state index in [4.69, 9.17) is 16.1 Å². The zero-order valence-corrected chi connectivity index (χ0v) is 8.16. The van der Waals surface area contributed by atoms with Crippen LogP contribution in [0.3, 0.4) is 0 Å². The maximum atomic E-state index is 5.84. The highest BCUT2D eigenvalue weighted by atomic mass is 35.5. The molecule has 0 fully saturated rings. The molecular formula is C9H9ClN3O+. The molecule has 1 aromatic carbocycles. The second kappa shape index (κ2) is 3.77. The number of hydrogen-bond donors (Lipinski definition) is 1. The molecule has 14 heavy (non-hydrogen) atoms. The number of hydrogen-bond acceptors (Lipinski definition) is 3. The highest BCUT2D eigenvalue weighted by Crippen LogP contribution is 2.19. The van der Waals surface area contributed by atoms with Crippen molar-refractivity contribution < 1.29 is 10.3 Å². The third-order valence-electron chi connectivity index (χ3n) is 1.76. The summed E-state index contributed by atoms with van der Waals surface area (Å²) in [6.45, 7) is 0.494. The maximum absolute atomic E-state index is 5.84. The van der Waals surface area contributed by atoms with Crippen LogP contribution < -0.4 is 5.73 Å². The van der Waals surface area contributed by atoms with Gasteiger partial charge in [0.2, 0.25) is 5.82 Å². The predicted octanol–water partition coefficient (Wildman–Crippen LogP) is 1.13. The van der Waals surface area contributed by atoms with E-state index in [1.54, 1.807) is 12.1 Å². The lowest BCUT2D eigenvalue weighted by Gasteiger charge is -1.93. The Morgan fingerprint density at radius 2 is 2.29 bits per heavy atom. The van der Waals surface area contributed by atoms with Gasteiger partial charge in [-0.1, -0.05) is 28.9 Å². The Morgan fingerprint density at radius 1 is 1.43 bits per heavy atom. The SMILES string of the molecule is [NH3+]Cc1nc(-c2cccc(Cl)c2)no1. The van der Waals surface area contributed by atoms with E-state index in [0.29, 0.717) is 23.3 Å².